The highest BCUT2D eigenvalue weighted by molar-refractivity contribution is 5.78. The van der Waals surface area contributed by atoms with Gasteiger partial charge >= 0.3 is 5.97 Å². The number of carboxylic acid groups (broad SMARTS) is 1. The van der Waals surface area contributed by atoms with Gasteiger partial charge < -0.3 is 9.84 Å². The molecule has 0 heterocycles. The smallest absolute Gasteiger partial charge is 0.309 e. The van der Waals surface area contributed by atoms with E-state index in [9.17, 15) is 4.79 Å². The first-order valence-corrected chi connectivity index (χ1v) is 5.48. The van der Waals surface area contributed by atoms with Gasteiger partial charge in [-0.2, -0.15) is 0 Å². The van der Waals surface area contributed by atoms with Crippen molar-refractivity contribution >= 4 is 5.97 Å². The number of ether oxygens (including phenoxy) is 1. The van der Waals surface area contributed by atoms with Gasteiger partial charge in [0.05, 0.1) is 18.6 Å². The highest BCUT2D eigenvalue weighted by Crippen LogP contribution is 2.52. The first-order chi connectivity index (χ1) is 7.63. The number of benzene rings is 1. The zero-order valence-corrected chi connectivity index (χ0v) is 9.35. The first-order valence-electron chi connectivity index (χ1n) is 5.48. The molecule has 2 rings (SSSR count). The number of carboxylic acids is 1. The minimum Gasteiger partial charge on any atom is -0.481 e. The van der Waals surface area contributed by atoms with Gasteiger partial charge in [0, 0.05) is 0 Å². The maximum atomic E-state index is 10.9. The minimum atomic E-state index is -0.708. The molecule has 1 saturated carbocycles. The van der Waals surface area contributed by atoms with Gasteiger partial charge in [0.25, 0.3) is 0 Å². The standard InChI is InChI=1S/C13H16O3/c1-13(12(14)15)7-11(13)9-16-8-10-5-3-2-4-6-10/h2-6,11H,7-9H2,1H3,(H,14,15)/t11-,13+/m1/s1. The fraction of sp³-hybridized carbons (Fsp3) is 0.462. The lowest BCUT2D eigenvalue weighted by atomic mass is 10.1. The molecule has 0 spiro atoms. The lowest BCUT2D eigenvalue weighted by Gasteiger charge is -2.06. The Morgan fingerprint density at radius 2 is 2.19 bits per heavy atom. The second-order valence-electron chi connectivity index (χ2n) is 4.62. The molecule has 1 N–H and O–H groups in total. The zero-order chi connectivity index (χ0) is 11.6. The van der Waals surface area contributed by atoms with E-state index in [0.717, 1.165) is 12.0 Å². The maximum Gasteiger partial charge on any atom is 0.309 e. The van der Waals surface area contributed by atoms with Crippen LogP contribution in [0, 0.1) is 11.3 Å². The van der Waals surface area contributed by atoms with Gasteiger partial charge in [0.15, 0.2) is 0 Å². The zero-order valence-electron chi connectivity index (χ0n) is 9.35. The van der Waals surface area contributed by atoms with Crippen LogP contribution in [0.3, 0.4) is 0 Å². The predicted molar refractivity (Wildman–Crippen MR) is 59.9 cm³/mol. The SMILES string of the molecule is C[C@]1(C(=O)O)C[C@@H]1COCc1ccccc1. The number of hydrogen-bond acceptors (Lipinski definition) is 2. The van der Waals surface area contributed by atoms with Crippen LogP contribution in [-0.2, 0) is 16.1 Å². The summed E-state index contributed by atoms with van der Waals surface area (Å²) in [6.07, 6.45) is 0.733. The molecule has 1 fully saturated rings. The summed E-state index contributed by atoms with van der Waals surface area (Å²) in [4.78, 5) is 10.9. The van der Waals surface area contributed by atoms with Crippen molar-refractivity contribution in [1.29, 1.82) is 0 Å². The van der Waals surface area contributed by atoms with E-state index in [0.29, 0.717) is 13.2 Å². The van der Waals surface area contributed by atoms with Crippen molar-refractivity contribution < 1.29 is 14.6 Å². The van der Waals surface area contributed by atoms with E-state index in [1.807, 2.05) is 30.3 Å². The summed E-state index contributed by atoms with van der Waals surface area (Å²) in [5, 5.41) is 8.94. The van der Waals surface area contributed by atoms with Gasteiger partial charge in [-0.3, -0.25) is 4.79 Å². The van der Waals surface area contributed by atoms with Gasteiger partial charge in [0.2, 0.25) is 0 Å². The number of aliphatic carboxylic acids is 1. The Hall–Kier alpha value is -1.35. The van der Waals surface area contributed by atoms with Crippen molar-refractivity contribution in [2.24, 2.45) is 11.3 Å². The Morgan fingerprint density at radius 3 is 2.75 bits per heavy atom. The van der Waals surface area contributed by atoms with E-state index in [-0.39, 0.29) is 5.92 Å². The van der Waals surface area contributed by atoms with Crippen molar-refractivity contribution in [3.63, 3.8) is 0 Å². The molecule has 16 heavy (non-hydrogen) atoms. The minimum absolute atomic E-state index is 0.175. The lowest BCUT2D eigenvalue weighted by molar-refractivity contribution is -0.143. The summed E-state index contributed by atoms with van der Waals surface area (Å²) in [6.45, 7) is 2.89. The number of hydrogen-bond donors (Lipinski definition) is 1. The van der Waals surface area contributed by atoms with Crippen molar-refractivity contribution in [2.45, 2.75) is 20.0 Å². The van der Waals surface area contributed by atoms with Gasteiger partial charge in [-0.1, -0.05) is 30.3 Å². The molecule has 1 aliphatic rings. The Labute approximate surface area is 95.0 Å². The van der Waals surface area contributed by atoms with Crippen molar-refractivity contribution in [1.82, 2.24) is 0 Å². The van der Waals surface area contributed by atoms with E-state index in [1.165, 1.54) is 0 Å². The van der Waals surface area contributed by atoms with Crippen LogP contribution in [0.4, 0.5) is 0 Å². The Bertz CT molecular complexity index is 374. The largest absolute Gasteiger partial charge is 0.481 e. The van der Waals surface area contributed by atoms with Crippen LogP contribution in [-0.4, -0.2) is 17.7 Å². The van der Waals surface area contributed by atoms with Crippen LogP contribution in [0.5, 0.6) is 0 Å². The summed E-state index contributed by atoms with van der Waals surface area (Å²) in [6, 6.07) is 9.91. The Balaban J connectivity index is 1.73. The lowest BCUT2D eigenvalue weighted by Crippen LogP contribution is -2.15. The normalized spacial score (nSPS) is 27.7. The average Bonchev–Trinajstić information content (AvgIpc) is 2.93. The van der Waals surface area contributed by atoms with Crippen molar-refractivity contribution in [3.05, 3.63) is 35.9 Å². The fourth-order valence-corrected chi connectivity index (χ4v) is 1.85. The molecular formula is C13H16O3. The molecule has 3 nitrogen and oxygen atoms in total. The average molecular weight is 220 g/mol. The molecule has 0 radical (unpaired) electrons. The van der Waals surface area contributed by atoms with Crippen LogP contribution >= 0.6 is 0 Å². The second kappa shape index (κ2) is 4.26. The summed E-state index contributed by atoms with van der Waals surface area (Å²) in [7, 11) is 0. The third kappa shape index (κ3) is 2.25. The predicted octanol–water partition coefficient (Wildman–Crippen LogP) is 2.31. The Morgan fingerprint density at radius 1 is 1.50 bits per heavy atom. The molecule has 1 aromatic rings. The first kappa shape index (κ1) is 11.1. The molecule has 1 aliphatic carbocycles. The summed E-state index contributed by atoms with van der Waals surface area (Å²) in [5.41, 5.74) is 0.580. The number of rotatable bonds is 5. The van der Waals surface area contributed by atoms with Crippen LogP contribution in [0.15, 0.2) is 30.3 Å². The third-order valence-electron chi connectivity index (χ3n) is 3.33. The third-order valence-corrected chi connectivity index (χ3v) is 3.33. The molecule has 0 aromatic heterocycles. The highest BCUT2D eigenvalue weighted by atomic mass is 16.5. The topological polar surface area (TPSA) is 46.5 Å². The maximum absolute atomic E-state index is 10.9. The second-order valence-corrected chi connectivity index (χ2v) is 4.62. The molecule has 1 aromatic carbocycles. The molecule has 86 valence electrons. The van der Waals surface area contributed by atoms with E-state index in [2.05, 4.69) is 0 Å². The van der Waals surface area contributed by atoms with Crippen molar-refractivity contribution in [3.8, 4) is 0 Å². The molecule has 0 amide bonds. The Kier molecular flexibility index (Phi) is 2.97. The van der Waals surface area contributed by atoms with Crippen LogP contribution in [0.25, 0.3) is 0 Å². The van der Waals surface area contributed by atoms with E-state index in [1.54, 1.807) is 6.92 Å². The van der Waals surface area contributed by atoms with Gasteiger partial charge in [-0.25, -0.2) is 0 Å². The molecule has 2 atom stereocenters. The fourth-order valence-electron chi connectivity index (χ4n) is 1.85. The molecule has 0 unspecified atom stereocenters. The van der Waals surface area contributed by atoms with Gasteiger partial charge in [-0.15, -0.1) is 0 Å². The van der Waals surface area contributed by atoms with Crippen molar-refractivity contribution in [2.75, 3.05) is 6.61 Å². The van der Waals surface area contributed by atoms with E-state index < -0.39 is 11.4 Å². The van der Waals surface area contributed by atoms with Crippen LogP contribution < -0.4 is 0 Å². The number of carbonyl (C=O) groups is 1. The summed E-state index contributed by atoms with van der Waals surface area (Å²) >= 11 is 0. The summed E-state index contributed by atoms with van der Waals surface area (Å²) in [5.74, 6) is -0.533. The van der Waals surface area contributed by atoms with Crippen LogP contribution in [0.1, 0.15) is 18.9 Å². The molecular weight excluding hydrogens is 204 g/mol. The monoisotopic (exact) mass is 220 g/mol. The van der Waals surface area contributed by atoms with Gasteiger partial charge in [0.1, 0.15) is 0 Å². The van der Waals surface area contributed by atoms with Crippen LogP contribution in [0.2, 0.25) is 0 Å². The molecule has 0 bridgehead atoms. The van der Waals surface area contributed by atoms with E-state index >= 15 is 0 Å². The van der Waals surface area contributed by atoms with E-state index in [4.69, 9.17) is 9.84 Å². The highest BCUT2D eigenvalue weighted by Gasteiger charge is 2.56. The summed E-state index contributed by atoms with van der Waals surface area (Å²) < 4.78 is 5.53. The molecule has 0 saturated heterocycles. The molecule has 3 heteroatoms. The van der Waals surface area contributed by atoms with Gasteiger partial charge in [-0.05, 0) is 24.8 Å². The molecule has 0 aliphatic heterocycles. The quantitative estimate of drug-likeness (QED) is 0.828.